The number of hydrogen-bond acceptors (Lipinski definition) is 4. The molecule has 4 nitrogen and oxygen atoms in total. The van der Waals surface area contributed by atoms with Crippen molar-refractivity contribution in [2.24, 2.45) is 0 Å². The normalized spacial score (nSPS) is 14.2. The van der Waals surface area contributed by atoms with E-state index in [2.05, 4.69) is 188 Å². The zero-order chi connectivity index (χ0) is 42.1. The molecule has 0 fully saturated rings. The van der Waals surface area contributed by atoms with Gasteiger partial charge in [-0.2, -0.15) is 5.26 Å². The Bertz CT molecular complexity index is 3400. The molecule has 294 valence electrons. The fraction of sp³-hybridized carbons (Fsp3) is 0.0333. The van der Waals surface area contributed by atoms with Gasteiger partial charge in [0.25, 0.3) is 0 Å². The Morgan fingerprint density at radius 1 is 0.281 bits per heavy atom. The van der Waals surface area contributed by atoms with Gasteiger partial charge in [-0.05, 0) is 113 Å². The van der Waals surface area contributed by atoms with E-state index >= 15 is 0 Å². The van der Waals surface area contributed by atoms with Gasteiger partial charge in [0.05, 0.1) is 22.5 Å². The molecule has 4 aliphatic rings. The Balaban J connectivity index is 1.05. The molecule has 9 aromatic carbocycles. The Morgan fingerprint density at radius 3 is 0.953 bits per heavy atom. The lowest BCUT2D eigenvalue weighted by atomic mass is 9.70. The first kappa shape index (κ1) is 35.1. The maximum atomic E-state index is 9.75. The third kappa shape index (κ3) is 4.28. The quantitative estimate of drug-likeness (QED) is 0.178. The first-order valence-corrected chi connectivity index (χ1v) is 21.8. The molecule has 64 heavy (non-hydrogen) atoms. The van der Waals surface area contributed by atoms with E-state index in [0.717, 1.165) is 27.8 Å². The zero-order valence-electron chi connectivity index (χ0n) is 34.4. The molecule has 14 rings (SSSR count). The first-order chi connectivity index (χ1) is 31.7. The molecule has 0 N–H and O–H groups in total. The summed E-state index contributed by atoms with van der Waals surface area (Å²) in [5, 5.41) is 9.75. The van der Waals surface area contributed by atoms with Crippen molar-refractivity contribution in [3.05, 3.63) is 256 Å². The average molecular weight is 811 g/mol. The minimum Gasteiger partial charge on any atom is -0.208 e. The number of fused-ring (bicyclic) bond motifs is 20. The predicted molar refractivity (Wildman–Crippen MR) is 253 cm³/mol. The summed E-state index contributed by atoms with van der Waals surface area (Å²) in [7, 11) is 0. The molecule has 0 amide bonds. The van der Waals surface area contributed by atoms with E-state index in [1.807, 2.05) is 24.3 Å². The van der Waals surface area contributed by atoms with Crippen LogP contribution in [0, 0.1) is 11.3 Å². The molecule has 0 aliphatic heterocycles. The van der Waals surface area contributed by atoms with Gasteiger partial charge in [-0.25, -0.2) is 15.0 Å². The standard InChI is InChI=1S/C60H34N4/c61-35-36-31-33-37(34-32-36)56-62-57(44-21-13-29-52-54(44)42-19-5-11-27-50(42)59(52)46-23-7-1-15-38(46)39-16-2-8-24-47(39)59)64-58(63-56)45-22-14-30-53-55(45)43-20-6-12-28-51(43)60(53)48-25-9-3-17-40(48)41-18-4-10-26-49(41)60/h1-34H. The molecule has 2 spiro atoms. The molecule has 1 aromatic heterocycles. The Kier molecular flexibility index (Phi) is 7.00. The van der Waals surface area contributed by atoms with Crippen molar-refractivity contribution < 1.29 is 0 Å². The second kappa shape index (κ2) is 12.8. The average Bonchev–Trinajstić information content (AvgIpc) is 4.05. The van der Waals surface area contributed by atoms with Gasteiger partial charge >= 0.3 is 0 Å². The highest BCUT2D eigenvalue weighted by Gasteiger charge is 2.53. The molecule has 0 atom stereocenters. The Labute approximate surface area is 370 Å². The lowest BCUT2D eigenvalue weighted by molar-refractivity contribution is 0.793. The first-order valence-electron chi connectivity index (χ1n) is 21.8. The molecular formula is C60H34N4. The van der Waals surface area contributed by atoms with Crippen LogP contribution in [0.2, 0.25) is 0 Å². The SMILES string of the molecule is N#Cc1ccc(-c2nc(-c3cccc4c3-c3ccccc3C43c4ccccc4-c4ccccc43)nc(-c3cccc4c3-c3ccccc3C43c4ccccc4-c4ccccc43)n2)cc1. The van der Waals surface area contributed by atoms with Gasteiger partial charge in [0.15, 0.2) is 17.5 Å². The molecule has 0 radical (unpaired) electrons. The monoisotopic (exact) mass is 810 g/mol. The van der Waals surface area contributed by atoms with Gasteiger partial charge in [0.2, 0.25) is 0 Å². The predicted octanol–water partition coefficient (Wildman–Crippen LogP) is 13.4. The summed E-state index contributed by atoms with van der Waals surface area (Å²) in [6.07, 6.45) is 0. The molecule has 1 heterocycles. The van der Waals surface area contributed by atoms with Crippen molar-refractivity contribution in [3.8, 4) is 84.7 Å². The number of hydrogen-bond donors (Lipinski definition) is 0. The van der Waals surface area contributed by atoms with Crippen LogP contribution in [0.4, 0.5) is 0 Å². The molecule has 10 aromatic rings. The summed E-state index contributed by atoms with van der Waals surface area (Å²) >= 11 is 0. The van der Waals surface area contributed by atoms with Crippen LogP contribution in [0.25, 0.3) is 78.7 Å². The van der Waals surface area contributed by atoms with Crippen molar-refractivity contribution in [1.29, 1.82) is 5.26 Å². The van der Waals surface area contributed by atoms with Crippen LogP contribution in [0.5, 0.6) is 0 Å². The van der Waals surface area contributed by atoms with Gasteiger partial charge in [-0.1, -0.05) is 182 Å². The van der Waals surface area contributed by atoms with Gasteiger partial charge < -0.3 is 0 Å². The summed E-state index contributed by atoms with van der Waals surface area (Å²) in [6, 6.07) is 76.4. The van der Waals surface area contributed by atoms with Gasteiger partial charge in [0.1, 0.15) is 0 Å². The molecule has 0 saturated carbocycles. The lowest BCUT2D eigenvalue weighted by Gasteiger charge is -2.30. The van der Waals surface area contributed by atoms with E-state index in [0.29, 0.717) is 23.0 Å². The molecule has 0 unspecified atom stereocenters. The van der Waals surface area contributed by atoms with Crippen LogP contribution in [-0.2, 0) is 10.8 Å². The minimum atomic E-state index is -0.507. The summed E-state index contributed by atoms with van der Waals surface area (Å²) in [5.41, 5.74) is 22.1. The summed E-state index contributed by atoms with van der Waals surface area (Å²) in [6.45, 7) is 0. The number of nitrogens with zero attached hydrogens (tertiary/aromatic N) is 4. The largest absolute Gasteiger partial charge is 0.208 e. The van der Waals surface area contributed by atoms with Crippen LogP contribution in [0.1, 0.15) is 50.1 Å². The highest BCUT2D eigenvalue weighted by Crippen LogP contribution is 2.65. The van der Waals surface area contributed by atoms with Crippen LogP contribution in [0.3, 0.4) is 0 Å². The summed E-state index contributed by atoms with van der Waals surface area (Å²) in [5.74, 6) is 1.75. The van der Waals surface area contributed by atoms with E-state index in [1.54, 1.807) is 0 Å². The Hall–Kier alpha value is -8.52. The molecule has 4 aliphatic carbocycles. The fourth-order valence-corrected chi connectivity index (χ4v) is 12.1. The van der Waals surface area contributed by atoms with E-state index in [4.69, 9.17) is 15.0 Å². The van der Waals surface area contributed by atoms with E-state index in [1.165, 1.54) is 77.9 Å². The van der Waals surface area contributed by atoms with Gasteiger partial charge in [0, 0.05) is 16.7 Å². The number of aromatic nitrogens is 3. The minimum absolute atomic E-state index is 0.507. The van der Waals surface area contributed by atoms with Crippen molar-refractivity contribution in [1.82, 2.24) is 15.0 Å². The second-order valence-electron chi connectivity index (χ2n) is 17.2. The maximum absolute atomic E-state index is 9.75. The van der Waals surface area contributed by atoms with Crippen molar-refractivity contribution in [2.45, 2.75) is 10.8 Å². The van der Waals surface area contributed by atoms with Crippen LogP contribution in [0.15, 0.2) is 206 Å². The van der Waals surface area contributed by atoms with Crippen molar-refractivity contribution >= 4 is 0 Å². The number of nitriles is 1. The second-order valence-corrected chi connectivity index (χ2v) is 17.2. The highest BCUT2D eigenvalue weighted by molar-refractivity contribution is 6.01. The van der Waals surface area contributed by atoms with Crippen molar-refractivity contribution in [3.63, 3.8) is 0 Å². The van der Waals surface area contributed by atoms with E-state index in [9.17, 15) is 5.26 Å². The van der Waals surface area contributed by atoms with E-state index < -0.39 is 10.8 Å². The van der Waals surface area contributed by atoms with Gasteiger partial charge in [-0.3, -0.25) is 0 Å². The summed E-state index contributed by atoms with van der Waals surface area (Å²) < 4.78 is 0. The zero-order valence-corrected chi connectivity index (χ0v) is 34.4. The van der Waals surface area contributed by atoms with Crippen LogP contribution >= 0.6 is 0 Å². The molecule has 0 saturated heterocycles. The van der Waals surface area contributed by atoms with Crippen LogP contribution in [-0.4, -0.2) is 15.0 Å². The number of rotatable bonds is 3. The highest BCUT2D eigenvalue weighted by atomic mass is 15.0. The molecule has 0 bridgehead atoms. The van der Waals surface area contributed by atoms with Gasteiger partial charge in [-0.15, -0.1) is 0 Å². The topological polar surface area (TPSA) is 62.5 Å². The van der Waals surface area contributed by atoms with E-state index in [-0.39, 0.29) is 0 Å². The molecular weight excluding hydrogens is 777 g/mol. The number of benzene rings is 9. The fourth-order valence-electron chi connectivity index (χ4n) is 12.1. The summed E-state index contributed by atoms with van der Waals surface area (Å²) in [4.78, 5) is 16.3. The molecule has 4 heteroatoms. The third-order valence-corrected chi connectivity index (χ3v) is 14.4. The van der Waals surface area contributed by atoms with Crippen LogP contribution < -0.4 is 0 Å². The Morgan fingerprint density at radius 2 is 0.578 bits per heavy atom. The lowest BCUT2D eigenvalue weighted by Crippen LogP contribution is -2.25. The third-order valence-electron chi connectivity index (χ3n) is 14.4. The van der Waals surface area contributed by atoms with Crippen molar-refractivity contribution in [2.75, 3.05) is 0 Å². The maximum Gasteiger partial charge on any atom is 0.164 e. The smallest absolute Gasteiger partial charge is 0.164 e.